The van der Waals surface area contributed by atoms with Crippen LogP contribution in [0, 0.1) is 0 Å². The molecule has 3 rings (SSSR count). The first-order valence-corrected chi connectivity index (χ1v) is 8.36. The summed E-state index contributed by atoms with van der Waals surface area (Å²) in [5, 5.41) is 3.62. The highest BCUT2D eigenvalue weighted by Crippen LogP contribution is 2.30. The lowest BCUT2D eigenvalue weighted by Crippen LogP contribution is -2.44. The van der Waals surface area contributed by atoms with E-state index in [2.05, 4.69) is 22.2 Å². The maximum Gasteiger partial charge on any atom is 0.254 e. The second kappa shape index (κ2) is 7.23. The van der Waals surface area contributed by atoms with Crippen LogP contribution in [0.5, 0.6) is 0 Å². The van der Waals surface area contributed by atoms with Crippen molar-refractivity contribution in [2.75, 3.05) is 50.1 Å². The highest BCUT2D eigenvalue weighted by atomic mass is 35.5. The quantitative estimate of drug-likeness (QED) is 0.922. The van der Waals surface area contributed by atoms with Crippen LogP contribution in [0.15, 0.2) is 30.0 Å². The van der Waals surface area contributed by atoms with Crippen LogP contribution in [0.4, 0.5) is 11.4 Å². The number of ether oxygens (including phenoxy) is 1. The molecule has 0 radical (unpaired) electrons. The molecule has 6 heteroatoms. The molecule has 1 N–H and O–H groups in total. The van der Waals surface area contributed by atoms with Crippen molar-refractivity contribution in [2.45, 2.75) is 12.8 Å². The van der Waals surface area contributed by atoms with Crippen molar-refractivity contribution in [1.82, 2.24) is 4.90 Å². The summed E-state index contributed by atoms with van der Waals surface area (Å²) in [6.07, 6.45) is 3.19. The molecular formula is C17H22ClN3O2. The molecule has 0 spiro atoms. The molecule has 124 valence electrons. The Morgan fingerprint density at radius 1 is 1.26 bits per heavy atom. The Labute approximate surface area is 141 Å². The van der Waals surface area contributed by atoms with Crippen LogP contribution >= 0.6 is 11.6 Å². The summed E-state index contributed by atoms with van der Waals surface area (Å²) in [4.78, 5) is 17.0. The highest BCUT2D eigenvalue weighted by molar-refractivity contribution is 6.31. The number of hydrogen-bond donors (Lipinski definition) is 1. The molecule has 0 unspecified atom stereocenters. The summed E-state index contributed by atoms with van der Waals surface area (Å²) in [5.41, 5.74) is 2.47. The molecule has 1 amide bonds. The molecule has 1 saturated heterocycles. The van der Waals surface area contributed by atoms with E-state index in [1.807, 2.05) is 18.2 Å². The zero-order chi connectivity index (χ0) is 16.2. The molecule has 2 heterocycles. The van der Waals surface area contributed by atoms with Crippen molar-refractivity contribution in [1.29, 1.82) is 0 Å². The highest BCUT2D eigenvalue weighted by Gasteiger charge is 2.20. The first-order valence-electron chi connectivity index (χ1n) is 7.98. The van der Waals surface area contributed by atoms with Gasteiger partial charge in [0.1, 0.15) is 0 Å². The molecule has 5 nitrogen and oxygen atoms in total. The number of benzene rings is 1. The molecule has 23 heavy (non-hydrogen) atoms. The monoisotopic (exact) mass is 335 g/mol. The minimum Gasteiger partial charge on any atom is -0.501 e. The SMILES string of the molecule is CN1CCN(c2ccc(Cl)cc2NC(=O)C2=COCCC2)CC1. The van der Waals surface area contributed by atoms with Gasteiger partial charge in [-0.1, -0.05) is 11.6 Å². The summed E-state index contributed by atoms with van der Waals surface area (Å²) in [7, 11) is 2.12. The van der Waals surface area contributed by atoms with Crippen molar-refractivity contribution in [2.24, 2.45) is 0 Å². The van der Waals surface area contributed by atoms with E-state index in [9.17, 15) is 4.79 Å². The lowest BCUT2D eigenvalue weighted by Gasteiger charge is -2.35. The number of rotatable bonds is 3. The van der Waals surface area contributed by atoms with E-state index in [-0.39, 0.29) is 5.91 Å². The number of halogens is 1. The van der Waals surface area contributed by atoms with E-state index in [4.69, 9.17) is 16.3 Å². The minimum atomic E-state index is -0.109. The first kappa shape index (κ1) is 16.1. The van der Waals surface area contributed by atoms with Crippen molar-refractivity contribution < 1.29 is 9.53 Å². The molecule has 2 aliphatic heterocycles. The second-order valence-electron chi connectivity index (χ2n) is 6.02. The molecule has 0 aliphatic carbocycles. The molecule has 0 saturated carbocycles. The summed E-state index contributed by atoms with van der Waals surface area (Å²) in [6.45, 7) is 4.57. The summed E-state index contributed by atoms with van der Waals surface area (Å²) >= 11 is 6.13. The molecule has 1 fully saturated rings. The summed E-state index contributed by atoms with van der Waals surface area (Å²) in [6, 6.07) is 5.67. The van der Waals surface area contributed by atoms with Gasteiger partial charge in [0.25, 0.3) is 5.91 Å². The topological polar surface area (TPSA) is 44.8 Å². The van der Waals surface area contributed by atoms with Gasteiger partial charge in [0.15, 0.2) is 0 Å². The number of amides is 1. The Kier molecular flexibility index (Phi) is 5.08. The Morgan fingerprint density at radius 2 is 2.04 bits per heavy atom. The van der Waals surface area contributed by atoms with Gasteiger partial charge < -0.3 is 19.9 Å². The lowest BCUT2D eigenvalue weighted by atomic mass is 10.1. The molecule has 1 aromatic carbocycles. The van der Waals surface area contributed by atoms with Crippen molar-refractivity contribution >= 4 is 28.9 Å². The smallest absolute Gasteiger partial charge is 0.254 e. The average Bonchev–Trinajstić information content (AvgIpc) is 2.57. The summed E-state index contributed by atoms with van der Waals surface area (Å²) in [5.74, 6) is -0.109. The van der Waals surface area contributed by atoms with Gasteiger partial charge in [0.2, 0.25) is 0 Å². The van der Waals surface area contributed by atoms with Gasteiger partial charge in [0, 0.05) is 31.2 Å². The zero-order valence-corrected chi connectivity index (χ0v) is 14.1. The molecule has 2 aliphatic rings. The van der Waals surface area contributed by atoms with Crippen molar-refractivity contribution in [3.05, 3.63) is 35.1 Å². The fourth-order valence-corrected chi connectivity index (χ4v) is 3.04. The number of likely N-dealkylation sites (N-methyl/N-ethyl adjacent to an activating group) is 1. The van der Waals surface area contributed by atoms with Gasteiger partial charge in [-0.15, -0.1) is 0 Å². The maximum atomic E-state index is 12.4. The molecule has 1 aromatic rings. The Morgan fingerprint density at radius 3 is 2.74 bits per heavy atom. The molecule has 0 aromatic heterocycles. The molecular weight excluding hydrogens is 314 g/mol. The van der Waals surface area contributed by atoms with Gasteiger partial charge in [0.05, 0.1) is 29.8 Å². The fourth-order valence-electron chi connectivity index (χ4n) is 2.87. The van der Waals surface area contributed by atoms with E-state index < -0.39 is 0 Å². The minimum absolute atomic E-state index is 0.109. The number of hydrogen-bond acceptors (Lipinski definition) is 4. The summed E-state index contributed by atoms with van der Waals surface area (Å²) < 4.78 is 5.26. The first-order chi connectivity index (χ1) is 11.1. The van der Waals surface area contributed by atoms with Crippen LogP contribution in [-0.4, -0.2) is 50.6 Å². The fraction of sp³-hybridized carbons (Fsp3) is 0.471. The number of carbonyl (C=O) groups is 1. The Balaban J connectivity index is 1.79. The van der Waals surface area contributed by atoms with Gasteiger partial charge in [-0.25, -0.2) is 0 Å². The van der Waals surface area contributed by atoms with Crippen LogP contribution in [0.1, 0.15) is 12.8 Å². The predicted molar refractivity (Wildman–Crippen MR) is 93.1 cm³/mol. The number of anilines is 2. The normalized spacial score (nSPS) is 19.0. The van der Waals surface area contributed by atoms with Crippen LogP contribution in [0.2, 0.25) is 5.02 Å². The standard InChI is InChI=1S/C17H22ClN3O2/c1-20-6-8-21(9-7-20)16-5-4-14(18)11-15(16)19-17(22)13-3-2-10-23-12-13/h4-5,11-12H,2-3,6-10H2,1H3,(H,19,22). The Hall–Kier alpha value is -1.72. The van der Waals surface area contributed by atoms with Gasteiger partial charge in [-0.2, -0.15) is 0 Å². The van der Waals surface area contributed by atoms with Crippen molar-refractivity contribution in [3.8, 4) is 0 Å². The Bertz CT molecular complexity index is 610. The van der Waals surface area contributed by atoms with Crippen LogP contribution in [-0.2, 0) is 9.53 Å². The third kappa shape index (κ3) is 3.98. The number of nitrogens with one attached hydrogen (secondary N) is 1. The van der Waals surface area contributed by atoms with Gasteiger partial charge >= 0.3 is 0 Å². The van der Waals surface area contributed by atoms with Crippen molar-refractivity contribution in [3.63, 3.8) is 0 Å². The van der Waals surface area contributed by atoms with Gasteiger partial charge in [-0.05, 0) is 38.1 Å². The number of nitrogens with zero attached hydrogens (tertiary/aromatic N) is 2. The number of carbonyl (C=O) groups excluding carboxylic acids is 1. The van der Waals surface area contributed by atoms with Crippen LogP contribution in [0.25, 0.3) is 0 Å². The van der Waals surface area contributed by atoms with E-state index >= 15 is 0 Å². The third-order valence-electron chi connectivity index (χ3n) is 4.28. The van der Waals surface area contributed by atoms with Crippen LogP contribution < -0.4 is 10.2 Å². The van der Waals surface area contributed by atoms with E-state index in [0.717, 1.165) is 50.4 Å². The van der Waals surface area contributed by atoms with Crippen LogP contribution in [0.3, 0.4) is 0 Å². The number of piperazine rings is 1. The predicted octanol–water partition coefficient (Wildman–Crippen LogP) is 2.72. The molecule has 0 bridgehead atoms. The second-order valence-corrected chi connectivity index (χ2v) is 6.46. The van der Waals surface area contributed by atoms with Gasteiger partial charge in [-0.3, -0.25) is 4.79 Å². The average molecular weight is 336 g/mol. The van der Waals surface area contributed by atoms with E-state index in [1.54, 1.807) is 6.26 Å². The largest absolute Gasteiger partial charge is 0.501 e. The van der Waals surface area contributed by atoms with E-state index in [1.165, 1.54) is 0 Å². The molecule has 0 atom stereocenters. The maximum absolute atomic E-state index is 12.4. The van der Waals surface area contributed by atoms with E-state index in [0.29, 0.717) is 17.2 Å². The zero-order valence-electron chi connectivity index (χ0n) is 13.3. The lowest BCUT2D eigenvalue weighted by molar-refractivity contribution is -0.113. The third-order valence-corrected chi connectivity index (χ3v) is 4.51.